The molecule has 10 nitrogen and oxygen atoms in total. The highest BCUT2D eigenvalue weighted by molar-refractivity contribution is 5.74. The normalized spacial score (nSPS) is 15.2. The molecule has 1 aliphatic heterocycles. The number of H-pyrrole nitrogens is 1. The highest BCUT2D eigenvalue weighted by Gasteiger charge is 2.25. The molecule has 0 aliphatic carbocycles. The third kappa shape index (κ3) is 3.86. The molecule has 3 rings (SSSR count). The van der Waals surface area contributed by atoms with Gasteiger partial charge in [-0.05, 0) is 13.8 Å². The quantitative estimate of drug-likeness (QED) is 0.532. The Kier molecular flexibility index (Phi) is 5.68. The van der Waals surface area contributed by atoms with E-state index < -0.39 is 11.2 Å². The van der Waals surface area contributed by atoms with Crippen molar-refractivity contribution < 1.29 is 9.53 Å². The molecule has 1 fully saturated rings. The van der Waals surface area contributed by atoms with Gasteiger partial charge >= 0.3 is 11.7 Å². The Morgan fingerprint density at radius 3 is 2.50 bits per heavy atom. The van der Waals surface area contributed by atoms with Crippen LogP contribution in [0.3, 0.4) is 0 Å². The van der Waals surface area contributed by atoms with Crippen LogP contribution in [-0.2, 0) is 23.1 Å². The van der Waals surface area contributed by atoms with Gasteiger partial charge in [-0.2, -0.15) is 4.98 Å². The summed E-state index contributed by atoms with van der Waals surface area (Å²) in [4.78, 5) is 47.1. The van der Waals surface area contributed by atoms with E-state index in [9.17, 15) is 14.4 Å². The average molecular weight is 390 g/mol. The fourth-order valence-electron chi connectivity index (χ4n) is 3.38. The lowest BCUT2D eigenvalue weighted by molar-refractivity contribution is -0.144. The van der Waals surface area contributed by atoms with Crippen molar-refractivity contribution in [3.63, 3.8) is 0 Å². The van der Waals surface area contributed by atoms with Crippen molar-refractivity contribution in [2.75, 3.05) is 44.2 Å². The van der Waals surface area contributed by atoms with Crippen molar-refractivity contribution in [1.82, 2.24) is 24.0 Å². The highest BCUT2D eigenvalue weighted by atomic mass is 16.5. The molecule has 0 aromatic carbocycles. The van der Waals surface area contributed by atoms with Crippen molar-refractivity contribution >= 4 is 23.1 Å². The number of carbonyl (C=O) groups excluding carboxylic acids is 1. The molecule has 3 heterocycles. The Morgan fingerprint density at radius 2 is 1.89 bits per heavy atom. The summed E-state index contributed by atoms with van der Waals surface area (Å²) in [5.41, 5.74) is 0.616. The van der Waals surface area contributed by atoms with Gasteiger partial charge in [0, 0.05) is 39.8 Å². The van der Waals surface area contributed by atoms with Gasteiger partial charge in [0.25, 0.3) is 5.56 Å². The summed E-state index contributed by atoms with van der Waals surface area (Å²) in [5.74, 6) is 0.396. The van der Waals surface area contributed by atoms with E-state index in [1.54, 1.807) is 18.5 Å². The van der Waals surface area contributed by atoms with Crippen molar-refractivity contribution in [1.29, 1.82) is 0 Å². The minimum absolute atomic E-state index is 0.230. The summed E-state index contributed by atoms with van der Waals surface area (Å²) >= 11 is 0. The number of aromatic nitrogens is 4. The molecule has 0 radical (unpaired) electrons. The second kappa shape index (κ2) is 8.01. The third-order valence-corrected chi connectivity index (χ3v) is 4.73. The van der Waals surface area contributed by atoms with E-state index in [0.717, 1.165) is 5.57 Å². The van der Waals surface area contributed by atoms with Crippen LogP contribution in [0.5, 0.6) is 0 Å². The smallest absolute Gasteiger partial charge is 0.329 e. The van der Waals surface area contributed by atoms with Gasteiger partial charge in [0.15, 0.2) is 11.2 Å². The molecule has 2 aromatic rings. The molecule has 0 amide bonds. The third-order valence-electron chi connectivity index (χ3n) is 4.73. The summed E-state index contributed by atoms with van der Waals surface area (Å²) in [7, 11) is 1.58. The molecule has 28 heavy (non-hydrogen) atoms. The number of ether oxygens (including phenoxy) is 1. The Morgan fingerprint density at radius 1 is 1.21 bits per heavy atom. The average Bonchev–Trinajstić information content (AvgIpc) is 3.00. The molecule has 1 aliphatic rings. The monoisotopic (exact) mass is 390 g/mol. The topological polar surface area (TPSA) is 105 Å². The Balaban J connectivity index is 1.91. The van der Waals surface area contributed by atoms with E-state index in [2.05, 4.69) is 21.4 Å². The Bertz CT molecular complexity index is 1010. The van der Waals surface area contributed by atoms with Crippen LogP contribution in [-0.4, -0.2) is 69.3 Å². The number of nitrogens with zero attached hydrogens (tertiary/aromatic N) is 5. The number of fused-ring (bicyclic) bond motifs is 1. The highest BCUT2D eigenvalue weighted by Crippen LogP contribution is 2.22. The van der Waals surface area contributed by atoms with Gasteiger partial charge in [-0.1, -0.05) is 12.2 Å². The van der Waals surface area contributed by atoms with Crippen molar-refractivity contribution in [3.05, 3.63) is 33.0 Å². The minimum atomic E-state index is -0.497. The zero-order valence-corrected chi connectivity index (χ0v) is 16.5. The van der Waals surface area contributed by atoms with Crippen LogP contribution in [0, 0.1) is 0 Å². The van der Waals surface area contributed by atoms with Crippen LogP contribution < -0.4 is 16.1 Å². The number of anilines is 1. The largest absolute Gasteiger partial charge is 0.465 e. The summed E-state index contributed by atoms with van der Waals surface area (Å²) < 4.78 is 8.15. The van der Waals surface area contributed by atoms with E-state index >= 15 is 0 Å². The lowest BCUT2D eigenvalue weighted by atomic mass is 10.3. The van der Waals surface area contributed by atoms with Gasteiger partial charge in [0.1, 0.15) is 0 Å². The summed E-state index contributed by atoms with van der Waals surface area (Å²) in [6, 6.07) is 0. The van der Waals surface area contributed by atoms with E-state index in [1.165, 1.54) is 4.57 Å². The molecule has 0 unspecified atom stereocenters. The second-order valence-electron chi connectivity index (χ2n) is 7.01. The van der Waals surface area contributed by atoms with Crippen LogP contribution in [0.15, 0.2) is 21.7 Å². The first-order valence-electron chi connectivity index (χ1n) is 9.28. The fraction of sp³-hybridized carbons (Fsp3) is 0.556. The molecule has 0 spiro atoms. The van der Waals surface area contributed by atoms with Crippen LogP contribution >= 0.6 is 0 Å². The van der Waals surface area contributed by atoms with Crippen molar-refractivity contribution in [2.24, 2.45) is 7.05 Å². The Hall–Kier alpha value is -2.88. The van der Waals surface area contributed by atoms with Gasteiger partial charge in [0.05, 0.1) is 13.2 Å². The van der Waals surface area contributed by atoms with Gasteiger partial charge in [0.2, 0.25) is 5.95 Å². The lowest BCUT2D eigenvalue weighted by Crippen LogP contribution is -2.49. The van der Waals surface area contributed by atoms with Crippen molar-refractivity contribution in [2.45, 2.75) is 20.4 Å². The first-order chi connectivity index (χ1) is 13.3. The molecule has 0 atom stereocenters. The maximum atomic E-state index is 12.4. The SMILES string of the molecule is C=C(C)Cn1c(N2CCN(CC(=O)OCC)CC2)nc2c1c(=O)[nH]c(=O)n2C. The maximum absolute atomic E-state index is 12.4. The van der Waals surface area contributed by atoms with Gasteiger partial charge < -0.3 is 14.2 Å². The molecular weight excluding hydrogens is 364 g/mol. The zero-order valence-electron chi connectivity index (χ0n) is 16.5. The summed E-state index contributed by atoms with van der Waals surface area (Å²) in [6.45, 7) is 11.3. The van der Waals surface area contributed by atoms with E-state index in [4.69, 9.17) is 4.74 Å². The van der Waals surface area contributed by atoms with Gasteiger partial charge in [-0.3, -0.25) is 24.0 Å². The molecular formula is C18H26N6O4. The first kappa shape index (κ1) is 19.9. The predicted molar refractivity (Wildman–Crippen MR) is 106 cm³/mol. The van der Waals surface area contributed by atoms with E-state index in [0.29, 0.717) is 56.4 Å². The van der Waals surface area contributed by atoms with Gasteiger partial charge in [-0.25, -0.2) is 4.79 Å². The molecule has 0 bridgehead atoms. The number of esters is 1. The number of hydrogen-bond acceptors (Lipinski definition) is 7. The van der Waals surface area contributed by atoms with Crippen LogP contribution in [0.4, 0.5) is 5.95 Å². The number of piperazine rings is 1. The number of carbonyl (C=O) groups is 1. The Labute approximate surface area is 162 Å². The number of aryl methyl sites for hydroxylation is 1. The standard InChI is InChI=1S/C18H26N6O4/c1-5-28-13(25)11-22-6-8-23(9-7-22)17-19-15-14(24(17)10-12(2)3)16(26)20-18(27)21(15)4/h2,5-11H2,1,3-4H3,(H,20,26,27). The lowest BCUT2D eigenvalue weighted by Gasteiger charge is -2.34. The molecule has 152 valence electrons. The van der Waals surface area contributed by atoms with Gasteiger partial charge in [-0.15, -0.1) is 0 Å². The number of hydrogen-bond donors (Lipinski definition) is 1. The molecule has 0 saturated carbocycles. The number of imidazole rings is 1. The maximum Gasteiger partial charge on any atom is 0.329 e. The first-order valence-corrected chi connectivity index (χ1v) is 9.28. The van der Waals surface area contributed by atoms with Crippen LogP contribution in [0.1, 0.15) is 13.8 Å². The van der Waals surface area contributed by atoms with Crippen molar-refractivity contribution in [3.8, 4) is 0 Å². The zero-order chi connectivity index (χ0) is 20.4. The minimum Gasteiger partial charge on any atom is -0.465 e. The summed E-state index contributed by atoms with van der Waals surface area (Å²) in [5, 5.41) is 0. The second-order valence-corrected chi connectivity index (χ2v) is 7.01. The van der Waals surface area contributed by atoms with E-state index in [-0.39, 0.29) is 12.5 Å². The van der Waals surface area contributed by atoms with E-state index in [1.807, 2.05) is 11.8 Å². The number of rotatable bonds is 6. The molecule has 1 N–H and O–H groups in total. The van der Waals surface area contributed by atoms with Crippen LogP contribution in [0.2, 0.25) is 0 Å². The van der Waals surface area contributed by atoms with Crippen LogP contribution in [0.25, 0.3) is 11.2 Å². The summed E-state index contributed by atoms with van der Waals surface area (Å²) in [6.07, 6.45) is 0. The molecule has 1 saturated heterocycles. The predicted octanol–water partition coefficient (Wildman–Crippen LogP) is -0.315. The number of aromatic amines is 1. The fourth-order valence-corrected chi connectivity index (χ4v) is 3.38. The molecule has 2 aromatic heterocycles. The number of nitrogens with one attached hydrogen (secondary N) is 1. The number of allylic oxidation sites excluding steroid dienone is 1. The molecule has 10 heteroatoms.